The van der Waals surface area contributed by atoms with E-state index in [1.54, 1.807) is 17.9 Å². The van der Waals surface area contributed by atoms with E-state index in [4.69, 9.17) is 4.74 Å². The fourth-order valence-electron chi connectivity index (χ4n) is 1.67. The predicted molar refractivity (Wildman–Crippen MR) is 59.8 cm³/mol. The Kier molecular flexibility index (Phi) is 4.98. The van der Waals surface area contributed by atoms with Crippen LogP contribution in [0.15, 0.2) is 12.7 Å². The molecule has 1 rings (SSSR count). The zero-order valence-corrected chi connectivity index (χ0v) is 9.57. The first-order valence-corrected chi connectivity index (χ1v) is 5.47. The molecule has 5 heteroatoms. The van der Waals surface area contributed by atoms with E-state index in [-0.39, 0.29) is 18.3 Å². The maximum absolute atomic E-state index is 11.9. The second-order valence-electron chi connectivity index (χ2n) is 3.59. The number of rotatable bonds is 5. The van der Waals surface area contributed by atoms with Gasteiger partial charge in [0.1, 0.15) is 0 Å². The minimum atomic E-state index is -0.451. The number of ether oxygens (including phenoxy) is 1. The fourth-order valence-corrected chi connectivity index (χ4v) is 1.67. The van der Waals surface area contributed by atoms with E-state index >= 15 is 0 Å². The second-order valence-corrected chi connectivity index (χ2v) is 3.59. The summed E-state index contributed by atoms with van der Waals surface area (Å²) in [6, 6.07) is -0.451. The molecule has 1 atom stereocenters. The average Bonchev–Trinajstić information content (AvgIpc) is 2.24. The average molecular weight is 226 g/mol. The molecular formula is C11H18N2O3. The summed E-state index contributed by atoms with van der Waals surface area (Å²) in [6.07, 6.45) is 1.78. The molecule has 0 saturated carbocycles. The van der Waals surface area contributed by atoms with Crippen LogP contribution in [0.2, 0.25) is 0 Å². The molecular weight excluding hydrogens is 208 g/mol. The molecule has 1 heterocycles. The summed E-state index contributed by atoms with van der Waals surface area (Å²) in [4.78, 5) is 24.8. The van der Waals surface area contributed by atoms with Crippen molar-refractivity contribution in [1.82, 2.24) is 10.2 Å². The van der Waals surface area contributed by atoms with Crippen LogP contribution in [-0.4, -0.2) is 49.1 Å². The molecule has 0 aromatic rings. The highest BCUT2D eigenvalue weighted by atomic mass is 16.5. The van der Waals surface area contributed by atoms with Crippen LogP contribution in [-0.2, 0) is 14.3 Å². The monoisotopic (exact) mass is 226 g/mol. The zero-order valence-electron chi connectivity index (χ0n) is 9.57. The van der Waals surface area contributed by atoms with Crippen LogP contribution in [0.4, 0.5) is 0 Å². The van der Waals surface area contributed by atoms with E-state index in [1.165, 1.54) is 0 Å². The molecule has 1 saturated heterocycles. The molecule has 1 aliphatic rings. The van der Waals surface area contributed by atoms with Gasteiger partial charge in [0.05, 0.1) is 19.1 Å². The SMILES string of the molecule is C=CCN1CCNC(CC(=O)OCC)C1=O. The van der Waals surface area contributed by atoms with Crippen molar-refractivity contribution in [3.05, 3.63) is 12.7 Å². The number of carbonyl (C=O) groups excluding carboxylic acids is 2. The normalized spacial score (nSPS) is 20.7. The predicted octanol–water partition coefficient (Wildman–Crippen LogP) is -0.0740. The minimum absolute atomic E-state index is 0.0563. The number of nitrogens with zero attached hydrogens (tertiary/aromatic N) is 1. The van der Waals surface area contributed by atoms with Gasteiger partial charge in [-0.05, 0) is 6.92 Å². The van der Waals surface area contributed by atoms with Crippen LogP contribution < -0.4 is 5.32 Å². The first-order valence-electron chi connectivity index (χ1n) is 5.47. The summed E-state index contributed by atoms with van der Waals surface area (Å²) in [5, 5.41) is 3.02. The van der Waals surface area contributed by atoms with E-state index in [9.17, 15) is 9.59 Å². The lowest BCUT2D eigenvalue weighted by molar-refractivity contribution is -0.147. The molecule has 1 N–H and O–H groups in total. The minimum Gasteiger partial charge on any atom is -0.466 e. The number of esters is 1. The van der Waals surface area contributed by atoms with Crippen molar-refractivity contribution in [3.8, 4) is 0 Å². The van der Waals surface area contributed by atoms with Crippen LogP contribution in [0, 0.1) is 0 Å². The van der Waals surface area contributed by atoms with Crippen molar-refractivity contribution in [2.75, 3.05) is 26.2 Å². The third-order valence-corrected chi connectivity index (χ3v) is 2.41. The fraction of sp³-hybridized carbons (Fsp3) is 0.636. The summed E-state index contributed by atoms with van der Waals surface area (Å²) in [5.41, 5.74) is 0. The third-order valence-electron chi connectivity index (χ3n) is 2.41. The Labute approximate surface area is 95.4 Å². The molecule has 0 spiro atoms. The van der Waals surface area contributed by atoms with Crippen molar-refractivity contribution in [1.29, 1.82) is 0 Å². The number of piperazine rings is 1. The lowest BCUT2D eigenvalue weighted by atomic mass is 10.1. The Morgan fingerprint density at radius 1 is 1.75 bits per heavy atom. The van der Waals surface area contributed by atoms with E-state index in [2.05, 4.69) is 11.9 Å². The smallest absolute Gasteiger partial charge is 0.307 e. The van der Waals surface area contributed by atoms with Crippen molar-refractivity contribution >= 4 is 11.9 Å². The molecule has 1 amide bonds. The summed E-state index contributed by atoms with van der Waals surface area (Å²) < 4.78 is 4.82. The van der Waals surface area contributed by atoms with Gasteiger partial charge in [0.2, 0.25) is 5.91 Å². The molecule has 0 radical (unpaired) electrons. The van der Waals surface area contributed by atoms with Gasteiger partial charge in [-0.1, -0.05) is 6.08 Å². The van der Waals surface area contributed by atoms with E-state index in [0.717, 1.165) is 0 Å². The molecule has 1 aliphatic heterocycles. The van der Waals surface area contributed by atoms with Gasteiger partial charge in [0.15, 0.2) is 0 Å². The van der Waals surface area contributed by atoms with Gasteiger partial charge in [-0.25, -0.2) is 0 Å². The molecule has 5 nitrogen and oxygen atoms in total. The second kappa shape index (κ2) is 6.27. The number of nitrogens with one attached hydrogen (secondary N) is 1. The maximum atomic E-state index is 11.9. The molecule has 1 unspecified atom stereocenters. The molecule has 16 heavy (non-hydrogen) atoms. The zero-order chi connectivity index (χ0) is 12.0. The molecule has 1 fully saturated rings. The van der Waals surface area contributed by atoms with E-state index in [1.807, 2.05) is 0 Å². The lowest BCUT2D eigenvalue weighted by Crippen LogP contribution is -2.55. The molecule has 0 aromatic carbocycles. The van der Waals surface area contributed by atoms with Crippen LogP contribution in [0.3, 0.4) is 0 Å². The van der Waals surface area contributed by atoms with Crippen molar-refractivity contribution < 1.29 is 14.3 Å². The van der Waals surface area contributed by atoms with Crippen molar-refractivity contribution in [2.24, 2.45) is 0 Å². The highest BCUT2D eigenvalue weighted by Crippen LogP contribution is 2.06. The topological polar surface area (TPSA) is 58.6 Å². The van der Waals surface area contributed by atoms with Crippen LogP contribution in [0.5, 0.6) is 0 Å². The van der Waals surface area contributed by atoms with Crippen molar-refractivity contribution in [2.45, 2.75) is 19.4 Å². The summed E-state index contributed by atoms with van der Waals surface area (Å²) in [7, 11) is 0. The highest BCUT2D eigenvalue weighted by molar-refractivity contribution is 5.87. The summed E-state index contributed by atoms with van der Waals surface area (Å²) in [5.74, 6) is -0.395. The van der Waals surface area contributed by atoms with Gasteiger partial charge in [-0.2, -0.15) is 0 Å². The third kappa shape index (κ3) is 3.34. The molecule has 0 bridgehead atoms. The number of hydrogen-bond donors (Lipinski definition) is 1. The van der Waals surface area contributed by atoms with Crippen LogP contribution in [0.25, 0.3) is 0 Å². The Hall–Kier alpha value is -1.36. The first-order chi connectivity index (χ1) is 7.69. The number of hydrogen-bond acceptors (Lipinski definition) is 4. The van der Waals surface area contributed by atoms with Crippen LogP contribution >= 0.6 is 0 Å². The van der Waals surface area contributed by atoms with Gasteiger partial charge in [0, 0.05) is 19.6 Å². The first kappa shape index (κ1) is 12.7. The maximum Gasteiger partial charge on any atom is 0.307 e. The Balaban J connectivity index is 2.49. The Morgan fingerprint density at radius 3 is 3.12 bits per heavy atom. The van der Waals surface area contributed by atoms with E-state index in [0.29, 0.717) is 26.2 Å². The van der Waals surface area contributed by atoms with Gasteiger partial charge in [0.25, 0.3) is 0 Å². The summed E-state index contributed by atoms with van der Waals surface area (Å²) >= 11 is 0. The highest BCUT2D eigenvalue weighted by Gasteiger charge is 2.29. The Bertz CT molecular complexity index is 278. The summed E-state index contributed by atoms with van der Waals surface area (Å²) in [6.45, 7) is 7.57. The van der Waals surface area contributed by atoms with E-state index < -0.39 is 6.04 Å². The lowest BCUT2D eigenvalue weighted by Gasteiger charge is -2.32. The van der Waals surface area contributed by atoms with Gasteiger partial charge in [-0.3, -0.25) is 9.59 Å². The standard InChI is InChI=1S/C11H18N2O3/c1-3-6-13-7-5-12-9(11(13)15)8-10(14)16-4-2/h3,9,12H,1,4-8H2,2H3. The van der Waals surface area contributed by atoms with Crippen LogP contribution in [0.1, 0.15) is 13.3 Å². The van der Waals surface area contributed by atoms with Gasteiger partial charge < -0.3 is 15.0 Å². The largest absolute Gasteiger partial charge is 0.466 e. The van der Waals surface area contributed by atoms with Gasteiger partial charge >= 0.3 is 5.97 Å². The molecule has 0 aromatic heterocycles. The van der Waals surface area contributed by atoms with Crippen molar-refractivity contribution in [3.63, 3.8) is 0 Å². The quantitative estimate of drug-likeness (QED) is 0.526. The number of amides is 1. The Morgan fingerprint density at radius 2 is 2.50 bits per heavy atom. The molecule has 0 aliphatic carbocycles. The molecule has 90 valence electrons. The number of carbonyl (C=O) groups is 2. The van der Waals surface area contributed by atoms with Gasteiger partial charge in [-0.15, -0.1) is 6.58 Å².